The fourth-order valence-corrected chi connectivity index (χ4v) is 3.42. The van der Waals surface area contributed by atoms with Crippen LogP contribution in [0.4, 0.5) is 5.69 Å². The average Bonchev–Trinajstić information content (AvgIpc) is 3.23. The Hall–Kier alpha value is -2.95. The van der Waals surface area contributed by atoms with Gasteiger partial charge in [-0.3, -0.25) is 14.4 Å². The average molecular weight is 378 g/mol. The molecule has 0 atom stereocenters. The summed E-state index contributed by atoms with van der Waals surface area (Å²) in [5, 5.41) is 2.79. The van der Waals surface area contributed by atoms with E-state index >= 15 is 0 Å². The molecule has 1 N–H and O–H groups in total. The molecule has 0 aromatic heterocycles. The minimum atomic E-state index is -0.211. The van der Waals surface area contributed by atoms with E-state index < -0.39 is 0 Å². The fraction of sp³-hybridized carbons (Fsp3) is 0.348. The van der Waals surface area contributed by atoms with Crippen LogP contribution in [0.3, 0.4) is 0 Å². The maximum atomic E-state index is 12.4. The van der Waals surface area contributed by atoms with Crippen LogP contribution in [0, 0.1) is 13.8 Å². The number of Topliss-reactive ketones (excluding diaryl/α,β-unsaturated/α-hetero) is 1. The number of hydrogen-bond donors (Lipinski definition) is 1. The van der Waals surface area contributed by atoms with E-state index in [9.17, 15) is 14.4 Å². The first-order valence-electron chi connectivity index (χ1n) is 9.73. The molecule has 28 heavy (non-hydrogen) atoms. The van der Waals surface area contributed by atoms with Crippen molar-refractivity contribution in [1.29, 1.82) is 0 Å². The minimum absolute atomic E-state index is 0.0251. The SMILES string of the molecule is Cc1ccc(C)c(C(=O)CCC(=O)Nc2ccc(C(=O)N3CCCC3)cc2)c1. The van der Waals surface area contributed by atoms with Gasteiger partial charge in [-0.2, -0.15) is 0 Å². The van der Waals surface area contributed by atoms with Gasteiger partial charge in [-0.25, -0.2) is 0 Å². The number of likely N-dealkylation sites (tertiary alicyclic amines) is 1. The van der Waals surface area contributed by atoms with Gasteiger partial charge in [0.25, 0.3) is 5.91 Å². The summed E-state index contributed by atoms with van der Waals surface area (Å²) in [7, 11) is 0. The monoisotopic (exact) mass is 378 g/mol. The van der Waals surface area contributed by atoms with Gasteiger partial charge in [-0.15, -0.1) is 0 Å². The molecule has 0 radical (unpaired) electrons. The summed E-state index contributed by atoms with van der Waals surface area (Å²) in [6.07, 6.45) is 2.41. The quantitative estimate of drug-likeness (QED) is 0.768. The Balaban J connectivity index is 1.52. The Labute approximate surface area is 165 Å². The van der Waals surface area contributed by atoms with Gasteiger partial charge in [0.15, 0.2) is 5.78 Å². The van der Waals surface area contributed by atoms with Crippen LogP contribution in [0.15, 0.2) is 42.5 Å². The van der Waals surface area contributed by atoms with Gasteiger partial charge >= 0.3 is 0 Å². The summed E-state index contributed by atoms with van der Waals surface area (Å²) in [6, 6.07) is 12.7. The summed E-state index contributed by atoms with van der Waals surface area (Å²) in [6.45, 7) is 5.47. The van der Waals surface area contributed by atoms with Crippen molar-refractivity contribution in [3.8, 4) is 0 Å². The number of nitrogens with zero attached hydrogens (tertiary/aromatic N) is 1. The van der Waals surface area contributed by atoms with E-state index in [1.807, 2.05) is 36.9 Å². The number of rotatable bonds is 6. The zero-order chi connectivity index (χ0) is 20.1. The third kappa shape index (κ3) is 4.85. The first-order chi connectivity index (χ1) is 13.4. The lowest BCUT2D eigenvalue weighted by atomic mass is 9.99. The summed E-state index contributed by atoms with van der Waals surface area (Å²) < 4.78 is 0. The second-order valence-corrected chi connectivity index (χ2v) is 7.37. The van der Waals surface area contributed by atoms with Gasteiger partial charge in [-0.05, 0) is 62.6 Å². The Bertz CT molecular complexity index is 881. The predicted octanol–water partition coefficient (Wildman–Crippen LogP) is 4.14. The van der Waals surface area contributed by atoms with Crippen LogP contribution in [-0.2, 0) is 4.79 Å². The minimum Gasteiger partial charge on any atom is -0.339 e. The van der Waals surface area contributed by atoms with Crippen molar-refractivity contribution in [3.05, 3.63) is 64.7 Å². The second-order valence-electron chi connectivity index (χ2n) is 7.37. The molecule has 1 aliphatic rings. The van der Waals surface area contributed by atoms with Gasteiger partial charge in [0.1, 0.15) is 0 Å². The van der Waals surface area contributed by atoms with Crippen molar-refractivity contribution >= 4 is 23.3 Å². The summed E-state index contributed by atoms with van der Waals surface area (Å²) in [4.78, 5) is 38.8. The zero-order valence-electron chi connectivity index (χ0n) is 16.5. The molecular weight excluding hydrogens is 352 g/mol. The van der Waals surface area contributed by atoms with Crippen molar-refractivity contribution in [2.45, 2.75) is 39.5 Å². The van der Waals surface area contributed by atoms with Crippen LogP contribution in [0.2, 0.25) is 0 Å². The number of amides is 2. The molecule has 1 heterocycles. The lowest BCUT2D eigenvalue weighted by molar-refractivity contribution is -0.116. The van der Waals surface area contributed by atoms with Crippen LogP contribution in [0.5, 0.6) is 0 Å². The summed E-state index contributed by atoms with van der Waals surface area (Å²) >= 11 is 0. The molecule has 146 valence electrons. The van der Waals surface area contributed by atoms with Gasteiger partial charge in [-0.1, -0.05) is 17.7 Å². The normalized spacial score (nSPS) is 13.4. The molecule has 0 unspecified atom stereocenters. The molecule has 1 saturated heterocycles. The van der Waals surface area contributed by atoms with E-state index in [4.69, 9.17) is 0 Å². The smallest absolute Gasteiger partial charge is 0.253 e. The number of anilines is 1. The van der Waals surface area contributed by atoms with Crippen LogP contribution < -0.4 is 5.32 Å². The highest BCUT2D eigenvalue weighted by atomic mass is 16.2. The maximum Gasteiger partial charge on any atom is 0.253 e. The number of hydrogen-bond acceptors (Lipinski definition) is 3. The lowest BCUT2D eigenvalue weighted by Gasteiger charge is -2.15. The van der Waals surface area contributed by atoms with Crippen LogP contribution in [0.25, 0.3) is 0 Å². The summed E-state index contributed by atoms with van der Waals surface area (Å²) in [5.74, 6) is -0.199. The van der Waals surface area contributed by atoms with Crippen molar-refractivity contribution in [2.75, 3.05) is 18.4 Å². The van der Waals surface area contributed by atoms with Crippen LogP contribution >= 0.6 is 0 Å². The first-order valence-corrected chi connectivity index (χ1v) is 9.73. The van der Waals surface area contributed by atoms with E-state index in [0.29, 0.717) is 16.8 Å². The van der Waals surface area contributed by atoms with Crippen molar-refractivity contribution in [1.82, 2.24) is 4.90 Å². The van der Waals surface area contributed by atoms with Gasteiger partial charge < -0.3 is 10.2 Å². The largest absolute Gasteiger partial charge is 0.339 e. The van der Waals surface area contributed by atoms with Crippen LogP contribution in [0.1, 0.15) is 57.5 Å². The lowest BCUT2D eigenvalue weighted by Crippen LogP contribution is -2.27. The molecular formula is C23H26N2O3. The van der Waals surface area contributed by atoms with Crippen molar-refractivity contribution in [2.24, 2.45) is 0 Å². The molecule has 0 spiro atoms. The fourth-order valence-electron chi connectivity index (χ4n) is 3.42. The van der Waals surface area contributed by atoms with E-state index in [2.05, 4.69) is 5.32 Å². The van der Waals surface area contributed by atoms with Gasteiger partial charge in [0.05, 0.1) is 0 Å². The van der Waals surface area contributed by atoms with E-state index in [1.165, 1.54) is 0 Å². The topological polar surface area (TPSA) is 66.5 Å². The molecule has 0 bridgehead atoms. The first kappa shape index (κ1) is 19.8. The molecule has 5 nitrogen and oxygen atoms in total. The molecule has 5 heteroatoms. The van der Waals surface area contributed by atoms with Gasteiger partial charge in [0, 0.05) is 42.7 Å². The number of carbonyl (C=O) groups excluding carboxylic acids is 3. The Morgan fingerprint density at radius 3 is 2.29 bits per heavy atom. The second kappa shape index (κ2) is 8.83. The molecule has 0 saturated carbocycles. The third-order valence-corrected chi connectivity index (χ3v) is 5.08. The van der Waals surface area contributed by atoms with E-state index in [0.717, 1.165) is 37.1 Å². The zero-order valence-corrected chi connectivity index (χ0v) is 16.5. The van der Waals surface area contributed by atoms with E-state index in [1.54, 1.807) is 24.3 Å². The molecule has 2 aromatic rings. The van der Waals surface area contributed by atoms with Crippen molar-refractivity contribution in [3.63, 3.8) is 0 Å². The number of nitrogens with one attached hydrogen (secondary N) is 1. The number of benzene rings is 2. The number of carbonyl (C=O) groups is 3. The molecule has 3 rings (SSSR count). The van der Waals surface area contributed by atoms with Crippen molar-refractivity contribution < 1.29 is 14.4 Å². The Kier molecular flexibility index (Phi) is 6.24. The van der Waals surface area contributed by atoms with Crippen LogP contribution in [-0.4, -0.2) is 35.6 Å². The van der Waals surface area contributed by atoms with Gasteiger partial charge in [0.2, 0.25) is 5.91 Å². The van der Waals surface area contributed by atoms with E-state index in [-0.39, 0.29) is 30.4 Å². The highest BCUT2D eigenvalue weighted by Gasteiger charge is 2.19. The Morgan fingerprint density at radius 2 is 1.61 bits per heavy atom. The molecule has 2 aromatic carbocycles. The molecule has 2 amide bonds. The molecule has 0 aliphatic carbocycles. The number of aryl methyl sites for hydroxylation is 2. The number of ketones is 1. The molecule has 1 fully saturated rings. The standard InChI is InChI=1S/C23H26N2O3/c1-16-5-6-17(2)20(15-16)21(26)11-12-22(27)24-19-9-7-18(8-10-19)23(28)25-13-3-4-14-25/h5-10,15H,3-4,11-14H2,1-2H3,(H,24,27). The Morgan fingerprint density at radius 1 is 0.929 bits per heavy atom. The maximum absolute atomic E-state index is 12.4. The third-order valence-electron chi connectivity index (χ3n) is 5.08. The highest BCUT2D eigenvalue weighted by Crippen LogP contribution is 2.17. The molecule has 1 aliphatic heterocycles. The predicted molar refractivity (Wildman–Crippen MR) is 110 cm³/mol. The highest BCUT2D eigenvalue weighted by molar-refractivity contribution is 6.01. The summed E-state index contributed by atoms with van der Waals surface area (Å²) in [5.41, 5.74) is 3.89.